The average molecular weight is 486 g/mol. The Morgan fingerprint density at radius 1 is 0.943 bits per heavy atom. The summed E-state index contributed by atoms with van der Waals surface area (Å²) in [6.45, 7) is 4.81. The van der Waals surface area contributed by atoms with Crippen molar-refractivity contribution in [2.45, 2.75) is 76.7 Å². The van der Waals surface area contributed by atoms with Crippen molar-refractivity contribution in [3.05, 3.63) is 0 Å². The molecule has 0 atom stereocenters. The van der Waals surface area contributed by atoms with Crippen LogP contribution in [0.2, 0.25) is 0 Å². The molecule has 7 fully saturated rings. The fourth-order valence-electron chi connectivity index (χ4n) is 8.50. The third kappa shape index (κ3) is 4.03. The van der Waals surface area contributed by atoms with E-state index in [-0.39, 0.29) is 23.8 Å². The molecule has 0 aromatic rings. The summed E-state index contributed by atoms with van der Waals surface area (Å²) >= 11 is 0. The van der Waals surface area contributed by atoms with E-state index in [1.807, 2.05) is 9.80 Å². The molecule has 5 amide bonds. The van der Waals surface area contributed by atoms with E-state index in [4.69, 9.17) is 0 Å². The second kappa shape index (κ2) is 8.46. The maximum atomic E-state index is 13.6. The van der Waals surface area contributed by atoms with E-state index in [0.717, 1.165) is 54.9 Å². The van der Waals surface area contributed by atoms with E-state index in [1.165, 1.54) is 19.3 Å². The molecule has 2 aliphatic heterocycles. The molecule has 2 heterocycles. The quantitative estimate of drug-likeness (QED) is 0.592. The summed E-state index contributed by atoms with van der Waals surface area (Å²) in [5, 5.41) is 3.72. The van der Waals surface area contributed by atoms with E-state index in [9.17, 15) is 19.2 Å². The number of amides is 5. The molecular weight excluding hydrogens is 446 g/mol. The molecule has 2 N–H and O–H groups in total. The van der Waals surface area contributed by atoms with Crippen LogP contribution in [0.5, 0.6) is 0 Å². The van der Waals surface area contributed by atoms with E-state index >= 15 is 0 Å². The van der Waals surface area contributed by atoms with Crippen LogP contribution in [0.15, 0.2) is 0 Å². The summed E-state index contributed by atoms with van der Waals surface area (Å²) in [7, 11) is 0. The summed E-state index contributed by atoms with van der Waals surface area (Å²) in [5.41, 5.74) is 1.56. The number of imide groups is 1. The zero-order valence-electron chi connectivity index (χ0n) is 20.9. The average Bonchev–Trinajstić information content (AvgIpc) is 3.04. The smallest absolute Gasteiger partial charge is 0.340 e. The molecule has 0 aromatic carbocycles. The minimum Gasteiger partial charge on any atom is -0.340 e. The van der Waals surface area contributed by atoms with Crippen molar-refractivity contribution in [1.82, 2.24) is 25.6 Å². The van der Waals surface area contributed by atoms with Gasteiger partial charge in [0.2, 0.25) is 5.91 Å². The van der Waals surface area contributed by atoms with Gasteiger partial charge in [0.15, 0.2) is 0 Å². The van der Waals surface area contributed by atoms with Gasteiger partial charge in [-0.3, -0.25) is 24.7 Å². The van der Waals surface area contributed by atoms with Gasteiger partial charge in [-0.2, -0.15) is 5.01 Å². The van der Waals surface area contributed by atoms with Gasteiger partial charge in [0.05, 0.1) is 12.0 Å². The van der Waals surface area contributed by atoms with Crippen LogP contribution in [0.3, 0.4) is 0 Å². The Morgan fingerprint density at radius 3 is 2.09 bits per heavy atom. The Balaban J connectivity index is 1.00. The molecular formula is C26H39N5O4. The van der Waals surface area contributed by atoms with Crippen LogP contribution in [0.1, 0.15) is 71.1 Å². The van der Waals surface area contributed by atoms with Gasteiger partial charge in [-0.05, 0) is 87.9 Å². The van der Waals surface area contributed by atoms with Gasteiger partial charge in [-0.25, -0.2) is 4.79 Å². The summed E-state index contributed by atoms with van der Waals surface area (Å²) < 4.78 is 0. The van der Waals surface area contributed by atoms with E-state index < -0.39 is 11.6 Å². The minimum absolute atomic E-state index is 0.112. The molecule has 7 rings (SSSR count). The summed E-state index contributed by atoms with van der Waals surface area (Å²) in [6.07, 6.45) is 10.2. The maximum absolute atomic E-state index is 13.6. The van der Waals surface area contributed by atoms with Crippen molar-refractivity contribution >= 4 is 23.8 Å². The third-order valence-electron chi connectivity index (χ3n) is 10.0. The highest BCUT2D eigenvalue weighted by Gasteiger charge is 2.56. The fraction of sp³-hybridized carbons (Fsp3) is 0.846. The highest BCUT2D eigenvalue weighted by Crippen LogP contribution is 2.60. The van der Waals surface area contributed by atoms with E-state index in [0.29, 0.717) is 50.8 Å². The lowest BCUT2D eigenvalue weighted by Gasteiger charge is -2.57. The fourth-order valence-corrected chi connectivity index (χ4v) is 8.50. The van der Waals surface area contributed by atoms with Crippen molar-refractivity contribution in [1.29, 1.82) is 0 Å². The molecule has 7 aliphatic rings. The van der Waals surface area contributed by atoms with Gasteiger partial charge in [-0.1, -0.05) is 6.92 Å². The number of hydrogen-bond acceptors (Lipinski definition) is 5. The summed E-state index contributed by atoms with van der Waals surface area (Å²) in [5.74, 6) is 2.43. The highest BCUT2D eigenvalue weighted by atomic mass is 16.2. The maximum Gasteiger partial charge on any atom is 0.344 e. The lowest BCUT2D eigenvalue weighted by Crippen LogP contribution is -2.59. The van der Waals surface area contributed by atoms with Crippen LogP contribution in [0.25, 0.3) is 0 Å². The Labute approximate surface area is 207 Å². The molecule has 4 bridgehead atoms. The van der Waals surface area contributed by atoms with Crippen LogP contribution in [-0.2, 0) is 14.4 Å². The Kier molecular flexibility index (Phi) is 5.62. The monoisotopic (exact) mass is 485 g/mol. The third-order valence-corrected chi connectivity index (χ3v) is 10.0. The number of urea groups is 1. The summed E-state index contributed by atoms with van der Waals surface area (Å²) in [6, 6.07) is -0.538. The van der Waals surface area contributed by atoms with Gasteiger partial charge in [-0.15, -0.1) is 0 Å². The second-order valence-corrected chi connectivity index (χ2v) is 12.6. The predicted molar refractivity (Wildman–Crippen MR) is 128 cm³/mol. The number of rotatable bonds is 4. The Hall–Kier alpha value is -2.16. The van der Waals surface area contributed by atoms with Crippen molar-refractivity contribution in [2.24, 2.45) is 29.1 Å². The molecule has 1 spiro atoms. The molecule has 5 saturated carbocycles. The minimum atomic E-state index is -0.861. The van der Waals surface area contributed by atoms with Gasteiger partial charge in [0, 0.05) is 26.2 Å². The number of carbonyl (C=O) groups excluding carboxylic acids is 4. The lowest BCUT2D eigenvalue weighted by atomic mass is 9.49. The standard InChI is InChI=1S/C26H39N5O4/c1-17-2-4-26(5-3-17)23(34)31(24(35)27-26)28-21(32)16-29-6-8-30(9-7-29)22(33)25-13-18-10-19(14-25)12-20(11-18)15-25/h17-20H,2-16H2,1H3,(H,27,35)(H,28,32). The highest BCUT2D eigenvalue weighted by molar-refractivity contribution is 6.08. The lowest BCUT2D eigenvalue weighted by molar-refractivity contribution is -0.159. The van der Waals surface area contributed by atoms with Crippen molar-refractivity contribution in [3.8, 4) is 0 Å². The van der Waals surface area contributed by atoms with Crippen LogP contribution < -0.4 is 10.7 Å². The van der Waals surface area contributed by atoms with Crippen molar-refractivity contribution in [3.63, 3.8) is 0 Å². The second-order valence-electron chi connectivity index (χ2n) is 12.6. The summed E-state index contributed by atoms with van der Waals surface area (Å²) in [4.78, 5) is 55.8. The van der Waals surface area contributed by atoms with Crippen LogP contribution in [0, 0.1) is 29.1 Å². The van der Waals surface area contributed by atoms with Crippen LogP contribution >= 0.6 is 0 Å². The zero-order chi connectivity index (χ0) is 24.4. The van der Waals surface area contributed by atoms with Crippen LogP contribution in [-0.4, -0.2) is 76.8 Å². The largest absolute Gasteiger partial charge is 0.344 e. The number of hydrazine groups is 1. The topological polar surface area (TPSA) is 102 Å². The van der Waals surface area contributed by atoms with Crippen molar-refractivity contribution < 1.29 is 19.2 Å². The molecule has 0 aromatic heterocycles. The van der Waals surface area contributed by atoms with Gasteiger partial charge < -0.3 is 10.2 Å². The molecule has 192 valence electrons. The van der Waals surface area contributed by atoms with E-state index in [2.05, 4.69) is 17.7 Å². The predicted octanol–water partition coefficient (Wildman–Crippen LogP) is 1.88. The molecule has 2 saturated heterocycles. The first-order valence-electron chi connectivity index (χ1n) is 13.7. The molecule has 0 unspecified atom stereocenters. The van der Waals surface area contributed by atoms with Gasteiger partial charge in [0.1, 0.15) is 5.54 Å². The number of hydrogen-bond donors (Lipinski definition) is 2. The SMILES string of the molecule is CC1CCC2(CC1)NC(=O)N(NC(=O)CN1CCN(C(=O)C34CC5CC(CC(C5)C3)C4)CC1)C2=O. The van der Waals surface area contributed by atoms with Crippen LogP contribution in [0.4, 0.5) is 4.79 Å². The van der Waals surface area contributed by atoms with Crippen molar-refractivity contribution in [2.75, 3.05) is 32.7 Å². The molecule has 5 aliphatic carbocycles. The Morgan fingerprint density at radius 2 is 1.51 bits per heavy atom. The Bertz CT molecular complexity index is 883. The molecule has 0 radical (unpaired) electrons. The molecule has 9 nitrogen and oxygen atoms in total. The number of carbonyl (C=O) groups is 4. The first-order valence-corrected chi connectivity index (χ1v) is 13.7. The zero-order valence-corrected chi connectivity index (χ0v) is 20.9. The van der Waals surface area contributed by atoms with Gasteiger partial charge >= 0.3 is 6.03 Å². The molecule has 9 heteroatoms. The number of nitrogens with one attached hydrogen (secondary N) is 2. The van der Waals surface area contributed by atoms with E-state index in [1.54, 1.807) is 0 Å². The number of nitrogens with zero attached hydrogens (tertiary/aromatic N) is 3. The first kappa shape index (κ1) is 23.3. The first-order chi connectivity index (χ1) is 16.8. The normalized spacial score (nSPS) is 40.9. The van der Waals surface area contributed by atoms with Gasteiger partial charge in [0.25, 0.3) is 11.8 Å². The molecule has 35 heavy (non-hydrogen) atoms. The number of piperazine rings is 1.